The molecule has 2 aliphatic carbocycles. The largest absolute Gasteiger partial charge is 0.329 e. The zero-order chi connectivity index (χ0) is 22.4. The van der Waals surface area contributed by atoms with Crippen LogP contribution in [0.5, 0.6) is 0 Å². The summed E-state index contributed by atoms with van der Waals surface area (Å²) in [5, 5.41) is 6.21. The van der Waals surface area contributed by atoms with E-state index >= 15 is 0 Å². The minimum atomic E-state index is -0.581. The average molecular weight is 449 g/mol. The Labute approximate surface area is 190 Å². The lowest BCUT2D eigenvalue weighted by molar-refractivity contribution is -0.117. The summed E-state index contributed by atoms with van der Waals surface area (Å²) in [4.78, 5) is 36.1. The molecule has 1 saturated carbocycles. The standard InChI is InChI=1S/C23H25FN8O/c24-19-9-8-14(11-25-19)27-21(33)18-5-2-10-32(18)23-29-16-4-1-3-15(16)20(31-23)30-22-26-12-17(28-22)13-6-7-13/h8-9,11-13,18H,1-7,10H2,(H,27,33)(H2,26,28,29,30,31). The zero-order valence-electron chi connectivity index (χ0n) is 18.1. The Morgan fingerprint density at radius 1 is 1.09 bits per heavy atom. The van der Waals surface area contributed by atoms with E-state index in [-0.39, 0.29) is 5.91 Å². The van der Waals surface area contributed by atoms with Crippen molar-refractivity contribution in [1.29, 1.82) is 0 Å². The Morgan fingerprint density at radius 3 is 2.82 bits per heavy atom. The fourth-order valence-electron chi connectivity index (χ4n) is 4.72. The first-order chi connectivity index (χ1) is 16.1. The van der Waals surface area contributed by atoms with Crippen LogP contribution in [0.15, 0.2) is 24.5 Å². The highest BCUT2D eigenvalue weighted by Crippen LogP contribution is 2.39. The maximum atomic E-state index is 13.1. The quantitative estimate of drug-likeness (QED) is 0.495. The number of H-pyrrole nitrogens is 1. The van der Waals surface area contributed by atoms with E-state index in [0.717, 1.165) is 48.5 Å². The molecule has 9 nitrogen and oxygen atoms in total. The maximum absolute atomic E-state index is 13.1. The van der Waals surface area contributed by atoms with E-state index in [9.17, 15) is 9.18 Å². The van der Waals surface area contributed by atoms with Crippen LogP contribution >= 0.6 is 0 Å². The molecular formula is C23H25FN8O. The number of halogens is 1. The van der Waals surface area contributed by atoms with Crippen molar-refractivity contribution in [2.24, 2.45) is 0 Å². The van der Waals surface area contributed by atoms with Gasteiger partial charge in [-0.1, -0.05) is 0 Å². The van der Waals surface area contributed by atoms with Gasteiger partial charge in [0.1, 0.15) is 11.9 Å². The predicted octanol–water partition coefficient (Wildman–Crippen LogP) is 3.45. The first kappa shape index (κ1) is 20.1. The van der Waals surface area contributed by atoms with Crippen molar-refractivity contribution < 1.29 is 9.18 Å². The maximum Gasteiger partial charge on any atom is 0.247 e. The Kier molecular flexibility index (Phi) is 4.92. The van der Waals surface area contributed by atoms with Gasteiger partial charge in [-0.25, -0.2) is 15.0 Å². The highest BCUT2D eigenvalue weighted by atomic mass is 19.1. The number of amides is 1. The van der Waals surface area contributed by atoms with Gasteiger partial charge >= 0.3 is 0 Å². The molecule has 10 heteroatoms. The van der Waals surface area contributed by atoms with E-state index in [1.54, 1.807) is 0 Å². The normalized spacial score (nSPS) is 19.5. The lowest BCUT2D eigenvalue weighted by atomic mass is 10.2. The third kappa shape index (κ3) is 4.01. The van der Waals surface area contributed by atoms with Gasteiger partial charge in [-0.15, -0.1) is 0 Å². The van der Waals surface area contributed by atoms with Gasteiger partial charge in [-0.3, -0.25) is 4.79 Å². The van der Waals surface area contributed by atoms with Crippen molar-refractivity contribution in [3.8, 4) is 0 Å². The van der Waals surface area contributed by atoms with Crippen LogP contribution in [0.3, 0.4) is 0 Å². The van der Waals surface area contributed by atoms with Crippen molar-refractivity contribution in [3.63, 3.8) is 0 Å². The lowest BCUT2D eigenvalue weighted by Crippen LogP contribution is -2.40. The summed E-state index contributed by atoms with van der Waals surface area (Å²) in [7, 11) is 0. The van der Waals surface area contributed by atoms with E-state index < -0.39 is 12.0 Å². The van der Waals surface area contributed by atoms with Crippen LogP contribution in [0.2, 0.25) is 0 Å². The smallest absolute Gasteiger partial charge is 0.247 e. The number of fused-ring (bicyclic) bond motifs is 1. The number of nitrogens with zero attached hydrogens (tertiary/aromatic N) is 5. The van der Waals surface area contributed by atoms with Gasteiger partial charge in [0.2, 0.25) is 23.8 Å². The number of hydrogen-bond acceptors (Lipinski definition) is 7. The van der Waals surface area contributed by atoms with Crippen LogP contribution < -0.4 is 15.5 Å². The molecule has 33 heavy (non-hydrogen) atoms. The van der Waals surface area contributed by atoms with Gasteiger partial charge < -0.3 is 20.5 Å². The van der Waals surface area contributed by atoms with Crippen molar-refractivity contribution in [2.45, 2.75) is 56.9 Å². The summed E-state index contributed by atoms with van der Waals surface area (Å²) in [6, 6.07) is 2.34. The number of nitrogens with one attached hydrogen (secondary N) is 3. The summed E-state index contributed by atoms with van der Waals surface area (Å²) in [5.74, 6) is 1.86. The monoisotopic (exact) mass is 448 g/mol. The van der Waals surface area contributed by atoms with E-state index in [1.807, 2.05) is 11.1 Å². The molecule has 0 aromatic carbocycles. The topological polar surface area (TPSA) is 112 Å². The highest BCUT2D eigenvalue weighted by molar-refractivity contribution is 5.96. The summed E-state index contributed by atoms with van der Waals surface area (Å²) in [5.41, 5.74) is 3.79. The van der Waals surface area contributed by atoms with E-state index in [1.165, 1.54) is 31.2 Å². The van der Waals surface area contributed by atoms with Crippen LogP contribution in [0.4, 0.5) is 27.8 Å². The molecule has 1 unspecified atom stereocenters. The number of pyridine rings is 1. The molecule has 170 valence electrons. The number of aromatic nitrogens is 5. The summed E-state index contributed by atoms with van der Waals surface area (Å²) in [6.07, 6.45) is 10.1. The minimum Gasteiger partial charge on any atom is -0.329 e. The molecule has 0 bridgehead atoms. The lowest BCUT2D eigenvalue weighted by Gasteiger charge is -2.25. The molecule has 3 aromatic rings. The van der Waals surface area contributed by atoms with Gasteiger partial charge in [-0.05, 0) is 57.1 Å². The fraction of sp³-hybridized carbons (Fsp3) is 0.435. The first-order valence-corrected chi connectivity index (χ1v) is 11.5. The minimum absolute atomic E-state index is 0.167. The van der Waals surface area contributed by atoms with Crippen molar-refractivity contribution in [1.82, 2.24) is 24.9 Å². The van der Waals surface area contributed by atoms with Crippen LogP contribution in [0, 0.1) is 5.95 Å². The molecule has 3 N–H and O–H groups in total. The van der Waals surface area contributed by atoms with Crippen molar-refractivity contribution in [3.05, 3.63) is 47.4 Å². The molecule has 1 saturated heterocycles. The molecule has 4 heterocycles. The third-order valence-electron chi connectivity index (χ3n) is 6.58. The van der Waals surface area contributed by atoms with Crippen LogP contribution in [0.1, 0.15) is 55.0 Å². The van der Waals surface area contributed by atoms with Gasteiger partial charge in [0.15, 0.2) is 0 Å². The zero-order valence-corrected chi connectivity index (χ0v) is 18.1. The van der Waals surface area contributed by atoms with Gasteiger partial charge in [0.25, 0.3) is 0 Å². The molecule has 1 amide bonds. The number of carbonyl (C=O) groups excluding carboxylic acids is 1. The highest BCUT2D eigenvalue weighted by Gasteiger charge is 2.34. The predicted molar refractivity (Wildman–Crippen MR) is 121 cm³/mol. The van der Waals surface area contributed by atoms with Gasteiger partial charge in [-0.2, -0.15) is 9.37 Å². The molecule has 3 aliphatic rings. The van der Waals surface area contributed by atoms with Gasteiger partial charge in [0, 0.05) is 23.7 Å². The fourth-order valence-corrected chi connectivity index (χ4v) is 4.72. The summed E-state index contributed by atoms with van der Waals surface area (Å²) in [6.45, 7) is 0.699. The Morgan fingerprint density at radius 2 is 2.00 bits per heavy atom. The van der Waals surface area contributed by atoms with E-state index in [2.05, 4.69) is 25.6 Å². The van der Waals surface area contributed by atoms with Crippen molar-refractivity contribution >= 4 is 29.3 Å². The van der Waals surface area contributed by atoms with Crippen LogP contribution in [-0.4, -0.2) is 43.4 Å². The van der Waals surface area contributed by atoms with Crippen LogP contribution in [-0.2, 0) is 17.6 Å². The number of aromatic amines is 1. The number of carbonyl (C=O) groups is 1. The number of anilines is 4. The van der Waals surface area contributed by atoms with E-state index in [0.29, 0.717) is 36.5 Å². The Balaban J connectivity index is 1.25. The number of aryl methyl sites for hydroxylation is 1. The second-order valence-electron chi connectivity index (χ2n) is 8.95. The van der Waals surface area contributed by atoms with Crippen molar-refractivity contribution in [2.75, 3.05) is 22.1 Å². The molecule has 1 atom stereocenters. The summed E-state index contributed by atoms with van der Waals surface area (Å²) >= 11 is 0. The molecule has 3 aromatic heterocycles. The Hall–Kier alpha value is -3.56. The van der Waals surface area contributed by atoms with Gasteiger partial charge in [0.05, 0.1) is 23.8 Å². The molecule has 2 fully saturated rings. The number of hydrogen-bond donors (Lipinski definition) is 3. The third-order valence-corrected chi connectivity index (χ3v) is 6.58. The molecular weight excluding hydrogens is 423 g/mol. The number of imidazole rings is 1. The molecule has 6 rings (SSSR count). The second kappa shape index (κ2) is 8.09. The molecule has 0 radical (unpaired) electrons. The summed E-state index contributed by atoms with van der Waals surface area (Å²) < 4.78 is 13.1. The number of rotatable bonds is 6. The molecule has 0 spiro atoms. The average Bonchev–Trinajstić information content (AvgIpc) is 3.20. The van der Waals surface area contributed by atoms with E-state index in [4.69, 9.17) is 9.97 Å². The molecule has 1 aliphatic heterocycles. The Bertz CT molecular complexity index is 1190. The SMILES string of the molecule is O=C(Nc1ccc(F)nc1)C1CCCN1c1nc2c(c(Nc3ncc(C4CC4)[nH]3)n1)CCC2. The second-order valence-corrected chi connectivity index (χ2v) is 8.95. The first-order valence-electron chi connectivity index (χ1n) is 11.5. The van der Waals surface area contributed by atoms with Crippen LogP contribution in [0.25, 0.3) is 0 Å².